The maximum absolute atomic E-state index is 6.40. The highest BCUT2D eigenvalue weighted by atomic mass is 35.5. The highest BCUT2D eigenvalue weighted by Gasteiger charge is 2.27. The fourth-order valence-corrected chi connectivity index (χ4v) is 3.76. The van der Waals surface area contributed by atoms with E-state index in [0.717, 1.165) is 28.5 Å². The van der Waals surface area contributed by atoms with Crippen LogP contribution in [0.25, 0.3) is 11.2 Å². The molecule has 0 aromatic carbocycles. The van der Waals surface area contributed by atoms with Gasteiger partial charge in [0.25, 0.3) is 0 Å². The largest absolute Gasteiger partial charge is 0.308 e. The van der Waals surface area contributed by atoms with Crippen molar-refractivity contribution >= 4 is 22.8 Å². The number of halogens is 1. The minimum atomic E-state index is -0.0819. The second kappa shape index (κ2) is 5.96. The van der Waals surface area contributed by atoms with Gasteiger partial charge in [-0.05, 0) is 44.2 Å². The average molecular weight is 306 g/mol. The predicted molar refractivity (Wildman–Crippen MR) is 87.8 cm³/mol. The summed E-state index contributed by atoms with van der Waals surface area (Å²) in [4.78, 5) is 9.42. The highest BCUT2D eigenvalue weighted by Crippen LogP contribution is 2.38. The van der Waals surface area contributed by atoms with Crippen molar-refractivity contribution in [3.63, 3.8) is 0 Å². The first-order valence-corrected chi connectivity index (χ1v) is 8.52. The molecule has 1 saturated carbocycles. The molecule has 4 heteroatoms. The molecule has 0 aliphatic heterocycles. The molecule has 2 heterocycles. The van der Waals surface area contributed by atoms with Crippen molar-refractivity contribution in [1.29, 1.82) is 0 Å². The maximum atomic E-state index is 6.40. The van der Waals surface area contributed by atoms with Crippen LogP contribution in [-0.2, 0) is 0 Å². The van der Waals surface area contributed by atoms with E-state index < -0.39 is 0 Å². The van der Waals surface area contributed by atoms with Crippen LogP contribution in [0.3, 0.4) is 0 Å². The van der Waals surface area contributed by atoms with E-state index in [1.807, 2.05) is 13.1 Å². The van der Waals surface area contributed by atoms with Gasteiger partial charge in [0.15, 0.2) is 5.65 Å². The van der Waals surface area contributed by atoms with Crippen LogP contribution in [0.4, 0.5) is 0 Å². The molecule has 2 aromatic rings. The Morgan fingerprint density at radius 3 is 2.95 bits per heavy atom. The number of fused-ring (bicyclic) bond motifs is 1. The molecule has 1 fully saturated rings. The Kier molecular flexibility index (Phi) is 4.21. The second-order valence-electron chi connectivity index (χ2n) is 6.41. The summed E-state index contributed by atoms with van der Waals surface area (Å²) in [7, 11) is 0. The third-order valence-electron chi connectivity index (χ3n) is 4.75. The summed E-state index contributed by atoms with van der Waals surface area (Å²) in [5, 5.41) is -0.0819. The minimum Gasteiger partial charge on any atom is -0.308 e. The fourth-order valence-electron chi connectivity index (χ4n) is 3.61. The van der Waals surface area contributed by atoms with Gasteiger partial charge < -0.3 is 4.57 Å². The lowest BCUT2D eigenvalue weighted by Gasteiger charge is -2.31. The van der Waals surface area contributed by atoms with Crippen LogP contribution < -0.4 is 0 Å². The summed E-state index contributed by atoms with van der Waals surface area (Å²) in [6.07, 6.45) is 8.30. The molecule has 0 N–H and O–H groups in total. The van der Waals surface area contributed by atoms with Crippen LogP contribution in [0.1, 0.15) is 68.8 Å². The minimum absolute atomic E-state index is 0.0819. The highest BCUT2D eigenvalue weighted by molar-refractivity contribution is 6.20. The summed E-state index contributed by atoms with van der Waals surface area (Å²) in [6.45, 7) is 6.36. The van der Waals surface area contributed by atoms with Crippen molar-refractivity contribution in [3.8, 4) is 0 Å². The van der Waals surface area contributed by atoms with Crippen molar-refractivity contribution in [3.05, 3.63) is 23.7 Å². The van der Waals surface area contributed by atoms with Crippen molar-refractivity contribution in [2.45, 2.75) is 64.3 Å². The summed E-state index contributed by atoms with van der Waals surface area (Å²) in [5.74, 6) is 1.80. The zero-order valence-corrected chi connectivity index (χ0v) is 13.9. The van der Waals surface area contributed by atoms with E-state index in [-0.39, 0.29) is 5.38 Å². The van der Waals surface area contributed by atoms with Crippen LogP contribution in [0.15, 0.2) is 12.3 Å². The van der Waals surface area contributed by atoms with Gasteiger partial charge in [0.1, 0.15) is 11.3 Å². The van der Waals surface area contributed by atoms with Crippen molar-refractivity contribution in [1.82, 2.24) is 14.5 Å². The third kappa shape index (κ3) is 2.80. The Labute approximate surface area is 131 Å². The lowest BCUT2D eigenvalue weighted by Crippen LogP contribution is -2.21. The zero-order chi connectivity index (χ0) is 15.0. The number of hydrogen-bond acceptors (Lipinski definition) is 2. The van der Waals surface area contributed by atoms with Gasteiger partial charge in [-0.1, -0.05) is 26.2 Å². The topological polar surface area (TPSA) is 30.7 Å². The van der Waals surface area contributed by atoms with Crippen LogP contribution in [0, 0.1) is 12.8 Å². The molecule has 0 bridgehead atoms. The number of aromatic nitrogens is 3. The normalized spacial score (nSPS) is 24.4. The van der Waals surface area contributed by atoms with E-state index in [1.54, 1.807) is 0 Å². The number of alkyl halides is 1. The number of rotatable bonds is 3. The van der Waals surface area contributed by atoms with Gasteiger partial charge in [-0.25, -0.2) is 9.97 Å². The standard InChI is InChI=1S/C17H24ClN3/c1-4-13-6-5-7-14(9-13)21-16(12(3)18)20-15-8-11(2)10-19-17(15)21/h8,10,12-14H,4-7,9H2,1-3H3. The molecule has 0 radical (unpaired) electrons. The first kappa shape index (κ1) is 14.8. The molecule has 1 aliphatic rings. The molecule has 0 spiro atoms. The van der Waals surface area contributed by atoms with Gasteiger partial charge in [0.2, 0.25) is 0 Å². The van der Waals surface area contributed by atoms with Gasteiger partial charge in [-0.15, -0.1) is 11.6 Å². The number of nitrogens with zero attached hydrogens (tertiary/aromatic N) is 3. The van der Waals surface area contributed by atoms with Gasteiger partial charge in [0, 0.05) is 12.2 Å². The summed E-state index contributed by atoms with van der Waals surface area (Å²) >= 11 is 6.40. The maximum Gasteiger partial charge on any atom is 0.160 e. The predicted octanol–water partition coefficient (Wildman–Crippen LogP) is 5.18. The van der Waals surface area contributed by atoms with E-state index in [1.165, 1.54) is 32.1 Å². The van der Waals surface area contributed by atoms with Gasteiger partial charge in [-0.3, -0.25) is 0 Å². The molecule has 0 amide bonds. The number of imidazole rings is 1. The Balaban J connectivity index is 2.08. The second-order valence-corrected chi connectivity index (χ2v) is 7.06. The molecule has 0 saturated heterocycles. The molecule has 3 rings (SSSR count). The van der Waals surface area contributed by atoms with Crippen molar-refractivity contribution in [2.24, 2.45) is 5.92 Å². The van der Waals surface area contributed by atoms with Crippen LogP contribution in [-0.4, -0.2) is 14.5 Å². The monoisotopic (exact) mass is 305 g/mol. The third-order valence-corrected chi connectivity index (χ3v) is 4.94. The lowest BCUT2D eigenvalue weighted by molar-refractivity contribution is 0.261. The molecule has 21 heavy (non-hydrogen) atoms. The molecule has 3 nitrogen and oxygen atoms in total. The first-order valence-electron chi connectivity index (χ1n) is 8.08. The Morgan fingerprint density at radius 2 is 2.24 bits per heavy atom. The number of pyridine rings is 1. The van der Waals surface area contributed by atoms with Gasteiger partial charge in [-0.2, -0.15) is 0 Å². The smallest absolute Gasteiger partial charge is 0.160 e. The molecule has 3 unspecified atom stereocenters. The molecule has 2 aromatic heterocycles. The van der Waals surface area contributed by atoms with Crippen molar-refractivity contribution < 1.29 is 0 Å². The van der Waals surface area contributed by atoms with E-state index in [9.17, 15) is 0 Å². The molecular weight excluding hydrogens is 282 g/mol. The number of aryl methyl sites for hydroxylation is 1. The van der Waals surface area contributed by atoms with E-state index in [0.29, 0.717) is 6.04 Å². The summed E-state index contributed by atoms with van der Waals surface area (Å²) in [6, 6.07) is 2.61. The Bertz CT molecular complexity index is 632. The molecule has 1 aliphatic carbocycles. The van der Waals surface area contributed by atoms with Crippen LogP contribution >= 0.6 is 11.6 Å². The summed E-state index contributed by atoms with van der Waals surface area (Å²) in [5.41, 5.74) is 3.14. The van der Waals surface area contributed by atoms with Gasteiger partial charge in [0.05, 0.1) is 5.38 Å². The van der Waals surface area contributed by atoms with E-state index >= 15 is 0 Å². The van der Waals surface area contributed by atoms with E-state index in [4.69, 9.17) is 16.6 Å². The SMILES string of the molecule is CCC1CCCC(n2c(C(C)Cl)nc3cc(C)cnc32)C1. The quantitative estimate of drug-likeness (QED) is 0.731. The molecule has 114 valence electrons. The molecular formula is C17H24ClN3. The average Bonchev–Trinajstić information content (AvgIpc) is 2.86. The Morgan fingerprint density at radius 1 is 1.43 bits per heavy atom. The fraction of sp³-hybridized carbons (Fsp3) is 0.647. The molecule has 3 atom stereocenters. The van der Waals surface area contributed by atoms with Crippen LogP contribution in [0.5, 0.6) is 0 Å². The number of hydrogen-bond donors (Lipinski definition) is 0. The van der Waals surface area contributed by atoms with Gasteiger partial charge >= 0.3 is 0 Å². The van der Waals surface area contributed by atoms with E-state index in [2.05, 4.69) is 29.5 Å². The lowest BCUT2D eigenvalue weighted by atomic mass is 9.84. The van der Waals surface area contributed by atoms with Crippen LogP contribution in [0.2, 0.25) is 0 Å². The summed E-state index contributed by atoms with van der Waals surface area (Å²) < 4.78 is 2.33. The first-order chi connectivity index (χ1) is 10.1. The Hall–Kier alpha value is -1.09. The zero-order valence-electron chi connectivity index (χ0n) is 13.1. The van der Waals surface area contributed by atoms with Crippen molar-refractivity contribution in [2.75, 3.05) is 0 Å².